The van der Waals surface area contributed by atoms with Crippen LogP contribution in [0.2, 0.25) is 0 Å². The highest BCUT2D eigenvalue weighted by molar-refractivity contribution is 5.91. The van der Waals surface area contributed by atoms with Crippen molar-refractivity contribution in [3.63, 3.8) is 0 Å². The third-order valence-electron chi connectivity index (χ3n) is 2.77. The number of benzene rings is 2. The summed E-state index contributed by atoms with van der Waals surface area (Å²) in [6.07, 6.45) is 0. The Morgan fingerprint density at radius 2 is 1.95 bits per heavy atom. The summed E-state index contributed by atoms with van der Waals surface area (Å²) >= 11 is 0. The molecule has 0 unspecified atom stereocenters. The molecule has 2 aromatic rings. The Bertz CT molecular complexity index is 608. The topological polar surface area (TPSA) is 52.6 Å². The number of aryl methyl sites for hydroxylation is 1. The van der Waals surface area contributed by atoms with Crippen molar-refractivity contribution in [3.8, 4) is 5.75 Å². The van der Waals surface area contributed by atoms with Crippen molar-refractivity contribution in [2.75, 3.05) is 7.05 Å². The number of hydrogen-bond donors (Lipinski definition) is 0. The van der Waals surface area contributed by atoms with Crippen LogP contribution >= 0.6 is 0 Å². The van der Waals surface area contributed by atoms with Crippen molar-refractivity contribution in [1.82, 2.24) is 5.06 Å². The molecule has 0 fully saturated rings. The Balaban J connectivity index is 2.13. The summed E-state index contributed by atoms with van der Waals surface area (Å²) in [7, 11) is 1.44. The minimum atomic E-state index is -0.425. The van der Waals surface area contributed by atoms with Crippen LogP contribution in [0.3, 0.4) is 0 Å². The van der Waals surface area contributed by atoms with E-state index in [1.807, 2.05) is 19.1 Å². The molecule has 0 aliphatic carbocycles. The molecule has 0 atom stereocenters. The molecule has 0 amide bonds. The first-order valence-corrected chi connectivity index (χ1v) is 6.30. The first-order valence-electron chi connectivity index (χ1n) is 6.30. The molecule has 0 saturated carbocycles. The molecular formula is C16H16NO3-. The van der Waals surface area contributed by atoms with Crippen molar-refractivity contribution in [2.45, 2.75) is 13.5 Å². The first kappa shape index (κ1) is 14.2. The number of rotatable bonds is 4. The zero-order chi connectivity index (χ0) is 14.5. The van der Waals surface area contributed by atoms with Crippen molar-refractivity contribution in [1.29, 1.82) is 0 Å². The van der Waals surface area contributed by atoms with Gasteiger partial charge in [-0.1, -0.05) is 24.3 Å². The van der Waals surface area contributed by atoms with Crippen LogP contribution in [-0.2, 0) is 6.54 Å². The molecule has 20 heavy (non-hydrogen) atoms. The largest absolute Gasteiger partial charge is 0.785 e. The summed E-state index contributed by atoms with van der Waals surface area (Å²) < 4.78 is 5.31. The van der Waals surface area contributed by atoms with Gasteiger partial charge >= 0.3 is 5.97 Å². The lowest BCUT2D eigenvalue weighted by atomic mass is 10.1. The van der Waals surface area contributed by atoms with Crippen LogP contribution in [0.4, 0.5) is 0 Å². The van der Waals surface area contributed by atoms with Crippen LogP contribution in [0.15, 0.2) is 48.5 Å². The highest BCUT2D eigenvalue weighted by Crippen LogP contribution is 2.15. The van der Waals surface area contributed by atoms with Gasteiger partial charge in [-0.25, -0.2) is 4.79 Å². The predicted octanol–water partition coefficient (Wildman–Crippen LogP) is 3.14. The normalized spacial score (nSPS) is 10.6. The first-order chi connectivity index (χ1) is 9.54. The highest BCUT2D eigenvalue weighted by Gasteiger charge is 2.09. The molecule has 2 aromatic carbocycles. The Labute approximate surface area is 118 Å². The zero-order valence-corrected chi connectivity index (χ0v) is 11.5. The van der Waals surface area contributed by atoms with E-state index in [4.69, 9.17) is 4.74 Å². The summed E-state index contributed by atoms with van der Waals surface area (Å²) in [6.45, 7) is 2.17. The molecule has 104 valence electrons. The highest BCUT2D eigenvalue weighted by atomic mass is 16.5. The van der Waals surface area contributed by atoms with E-state index in [0.717, 1.165) is 16.2 Å². The Hall–Kier alpha value is -2.17. The second kappa shape index (κ2) is 6.32. The van der Waals surface area contributed by atoms with E-state index >= 15 is 0 Å². The number of esters is 1. The lowest BCUT2D eigenvalue weighted by Gasteiger charge is -2.21. The molecule has 0 radical (unpaired) electrons. The summed E-state index contributed by atoms with van der Waals surface area (Å²) in [5.74, 6) is 0.0901. The molecule has 0 N–H and O–H groups in total. The average molecular weight is 270 g/mol. The molecule has 2 rings (SSSR count). The fraction of sp³-hybridized carbons (Fsp3) is 0.188. The van der Waals surface area contributed by atoms with Gasteiger partial charge in [0, 0.05) is 6.54 Å². The van der Waals surface area contributed by atoms with Crippen molar-refractivity contribution in [3.05, 3.63) is 70.4 Å². The smallest absolute Gasteiger partial charge is 0.343 e. The van der Waals surface area contributed by atoms with Gasteiger partial charge in [-0.05, 0) is 49.4 Å². The van der Waals surface area contributed by atoms with Gasteiger partial charge in [0.15, 0.2) is 0 Å². The van der Waals surface area contributed by atoms with Crippen LogP contribution in [-0.4, -0.2) is 18.1 Å². The second-order valence-corrected chi connectivity index (χ2v) is 4.69. The molecule has 0 aliphatic rings. The van der Waals surface area contributed by atoms with E-state index in [2.05, 4.69) is 0 Å². The monoisotopic (exact) mass is 270 g/mol. The third kappa shape index (κ3) is 3.91. The molecule has 4 heteroatoms. The predicted molar refractivity (Wildman–Crippen MR) is 77.4 cm³/mol. The molecule has 0 heterocycles. The molecule has 4 nitrogen and oxygen atoms in total. The molecule has 0 saturated heterocycles. The quantitative estimate of drug-likeness (QED) is 0.486. The van der Waals surface area contributed by atoms with Crippen molar-refractivity contribution >= 4 is 5.97 Å². The molecule has 0 aromatic heterocycles. The van der Waals surface area contributed by atoms with E-state index < -0.39 is 5.97 Å². The number of hydroxylamine groups is 2. The Kier molecular flexibility index (Phi) is 4.50. The van der Waals surface area contributed by atoms with Crippen LogP contribution in [0.25, 0.3) is 0 Å². The average Bonchev–Trinajstić information content (AvgIpc) is 2.38. The summed E-state index contributed by atoms with van der Waals surface area (Å²) in [5, 5.41) is 11.8. The minimum Gasteiger partial charge on any atom is -0.785 e. The van der Waals surface area contributed by atoms with Gasteiger partial charge in [0.1, 0.15) is 5.75 Å². The number of ether oxygens (including phenoxy) is 1. The zero-order valence-electron chi connectivity index (χ0n) is 11.5. The van der Waals surface area contributed by atoms with Gasteiger partial charge in [-0.3, -0.25) is 0 Å². The molecular weight excluding hydrogens is 254 g/mol. The maximum Gasteiger partial charge on any atom is 0.343 e. The summed E-state index contributed by atoms with van der Waals surface area (Å²) in [6, 6.07) is 14.2. The van der Waals surface area contributed by atoms with Crippen molar-refractivity contribution < 1.29 is 9.53 Å². The van der Waals surface area contributed by atoms with Gasteiger partial charge in [-0.15, -0.1) is 0 Å². The maximum atomic E-state index is 12.0. The third-order valence-corrected chi connectivity index (χ3v) is 2.77. The van der Waals surface area contributed by atoms with Crippen LogP contribution in [0.1, 0.15) is 21.5 Å². The molecule has 0 bridgehead atoms. The molecule has 0 spiro atoms. The Morgan fingerprint density at radius 3 is 2.65 bits per heavy atom. The van der Waals surface area contributed by atoms with E-state index in [-0.39, 0.29) is 6.54 Å². The number of nitrogens with zero attached hydrogens (tertiary/aromatic N) is 1. The standard InChI is InChI=1S/C16H16NO3/c1-12-5-3-8-15(9-12)20-16(18)14-7-4-6-13(10-14)11-17(2)19/h3-10H,11H2,1-2H3/q-1. The number of carbonyl (C=O) groups excluding carboxylic acids is 1. The van der Waals surface area contributed by atoms with E-state index in [0.29, 0.717) is 11.3 Å². The van der Waals surface area contributed by atoms with Gasteiger partial charge in [0.05, 0.1) is 5.56 Å². The fourth-order valence-corrected chi connectivity index (χ4v) is 1.90. The second-order valence-electron chi connectivity index (χ2n) is 4.69. The fourth-order valence-electron chi connectivity index (χ4n) is 1.90. The minimum absolute atomic E-state index is 0.242. The number of hydrogen-bond acceptors (Lipinski definition) is 4. The van der Waals surface area contributed by atoms with E-state index in [1.54, 1.807) is 36.4 Å². The summed E-state index contributed by atoms with van der Waals surface area (Å²) in [4.78, 5) is 12.0. The van der Waals surface area contributed by atoms with Gasteiger partial charge in [0.2, 0.25) is 0 Å². The van der Waals surface area contributed by atoms with Crippen molar-refractivity contribution in [2.24, 2.45) is 0 Å². The van der Waals surface area contributed by atoms with Crippen LogP contribution < -0.4 is 4.74 Å². The van der Waals surface area contributed by atoms with E-state index in [1.165, 1.54) is 7.05 Å². The van der Waals surface area contributed by atoms with Crippen LogP contribution in [0, 0.1) is 12.1 Å². The van der Waals surface area contributed by atoms with Gasteiger partial charge in [0.25, 0.3) is 0 Å². The van der Waals surface area contributed by atoms with Crippen LogP contribution in [0.5, 0.6) is 5.75 Å². The Morgan fingerprint density at radius 1 is 1.20 bits per heavy atom. The van der Waals surface area contributed by atoms with E-state index in [9.17, 15) is 10.0 Å². The lowest BCUT2D eigenvalue weighted by Crippen LogP contribution is -2.11. The lowest BCUT2D eigenvalue weighted by molar-refractivity contribution is 0.0734. The van der Waals surface area contributed by atoms with Gasteiger partial charge < -0.3 is 15.0 Å². The van der Waals surface area contributed by atoms with Gasteiger partial charge in [-0.2, -0.15) is 0 Å². The maximum absolute atomic E-state index is 12.0. The summed E-state index contributed by atoms with van der Waals surface area (Å²) in [5.41, 5.74) is 2.24. The number of carbonyl (C=O) groups is 1. The SMILES string of the molecule is Cc1cccc(OC(=O)c2cccc(CN(C)[O-])c2)c1. The molecule has 0 aliphatic heterocycles.